The molecule has 0 aliphatic heterocycles. The van der Waals surface area contributed by atoms with Crippen LogP contribution in [-0.4, -0.2) is 25.6 Å². The molecule has 4 heteroatoms. The molecule has 0 fully saturated rings. The van der Waals surface area contributed by atoms with Crippen LogP contribution in [0, 0.1) is 0 Å². The SMILES string of the molecule is COCCC(=NC(C)C)NN. The summed E-state index contributed by atoms with van der Waals surface area (Å²) < 4.78 is 4.88. The molecule has 4 nitrogen and oxygen atoms in total. The minimum absolute atomic E-state index is 0.276. The monoisotopic (exact) mass is 159 g/mol. The summed E-state index contributed by atoms with van der Waals surface area (Å²) in [7, 11) is 1.66. The van der Waals surface area contributed by atoms with Crippen LogP contribution < -0.4 is 11.3 Å². The molecule has 11 heavy (non-hydrogen) atoms. The normalized spacial score (nSPS) is 12.3. The van der Waals surface area contributed by atoms with Crippen LogP contribution in [0.1, 0.15) is 20.3 Å². The van der Waals surface area contributed by atoms with Crippen LogP contribution >= 0.6 is 0 Å². The molecule has 0 aromatic rings. The smallest absolute Gasteiger partial charge is 0.113 e. The van der Waals surface area contributed by atoms with E-state index in [9.17, 15) is 0 Å². The third-order valence-corrected chi connectivity index (χ3v) is 1.12. The van der Waals surface area contributed by atoms with Crippen molar-refractivity contribution in [3.05, 3.63) is 0 Å². The maximum Gasteiger partial charge on any atom is 0.113 e. The number of nitrogens with one attached hydrogen (secondary N) is 1. The van der Waals surface area contributed by atoms with Gasteiger partial charge in [0.1, 0.15) is 5.84 Å². The number of methoxy groups -OCH3 is 1. The average Bonchev–Trinajstić information content (AvgIpc) is 1.97. The highest BCUT2D eigenvalue weighted by molar-refractivity contribution is 5.81. The Kier molecular flexibility index (Phi) is 5.78. The van der Waals surface area contributed by atoms with Gasteiger partial charge in [0.2, 0.25) is 0 Å². The second kappa shape index (κ2) is 6.12. The van der Waals surface area contributed by atoms with Crippen molar-refractivity contribution >= 4 is 5.84 Å². The molecule has 0 bridgehead atoms. The van der Waals surface area contributed by atoms with Crippen molar-refractivity contribution in [3.63, 3.8) is 0 Å². The summed E-state index contributed by atoms with van der Waals surface area (Å²) in [6, 6.07) is 0.276. The highest BCUT2D eigenvalue weighted by Gasteiger charge is 1.96. The summed E-state index contributed by atoms with van der Waals surface area (Å²) in [5, 5.41) is 0. The van der Waals surface area contributed by atoms with Gasteiger partial charge < -0.3 is 10.2 Å². The fraction of sp³-hybridized carbons (Fsp3) is 0.857. The fourth-order valence-electron chi connectivity index (χ4n) is 0.684. The Labute approximate surface area is 67.8 Å². The molecule has 0 spiro atoms. The standard InChI is InChI=1S/C7H17N3O/c1-6(2)9-7(10-8)4-5-11-3/h6H,4-5,8H2,1-3H3,(H,9,10). The van der Waals surface area contributed by atoms with Gasteiger partial charge in [-0.05, 0) is 13.8 Å². The van der Waals surface area contributed by atoms with Crippen LogP contribution in [0.25, 0.3) is 0 Å². The number of hydrogen-bond donors (Lipinski definition) is 2. The first-order valence-electron chi connectivity index (χ1n) is 3.73. The van der Waals surface area contributed by atoms with Gasteiger partial charge in [-0.25, -0.2) is 5.84 Å². The van der Waals surface area contributed by atoms with Gasteiger partial charge in [-0.3, -0.25) is 4.99 Å². The highest BCUT2D eigenvalue weighted by atomic mass is 16.5. The van der Waals surface area contributed by atoms with Crippen LogP contribution in [0.2, 0.25) is 0 Å². The summed E-state index contributed by atoms with van der Waals surface area (Å²) in [4.78, 5) is 4.23. The molecule has 0 aliphatic rings. The lowest BCUT2D eigenvalue weighted by molar-refractivity contribution is 0.206. The zero-order valence-electron chi connectivity index (χ0n) is 7.42. The molecule has 0 amide bonds. The number of hydrogen-bond acceptors (Lipinski definition) is 3. The molecular formula is C7H17N3O. The summed E-state index contributed by atoms with van der Waals surface area (Å²) >= 11 is 0. The van der Waals surface area contributed by atoms with Crippen molar-refractivity contribution in [2.75, 3.05) is 13.7 Å². The topological polar surface area (TPSA) is 59.6 Å². The lowest BCUT2D eigenvalue weighted by atomic mass is 10.4. The van der Waals surface area contributed by atoms with Gasteiger partial charge in [-0.2, -0.15) is 0 Å². The van der Waals surface area contributed by atoms with Crippen LogP contribution in [0.3, 0.4) is 0 Å². The van der Waals surface area contributed by atoms with E-state index in [-0.39, 0.29) is 6.04 Å². The number of rotatable bonds is 4. The van der Waals surface area contributed by atoms with E-state index in [1.165, 1.54) is 0 Å². The maximum absolute atomic E-state index is 5.23. The van der Waals surface area contributed by atoms with E-state index in [0.29, 0.717) is 6.61 Å². The number of nitrogens with zero attached hydrogens (tertiary/aromatic N) is 1. The van der Waals surface area contributed by atoms with Crippen molar-refractivity contribution in [1.82, 2.24) is 5.43 Å². The first kappa shape index (κ1) is 10.4. The number of amidine groups is 1. The zero-order valence-corrected chi connectivity index (χ0v) is 7.42. The molecule has 0 unspecified atom stereocenters. The molecule has 0 heterocycles. The van der Waals surface area contributed by atoms with Gasteiger partial charge >= 0.3 is 0 Å². The summed E-state index contributed by atoms with van der Waals surface area (Å²) in [5.41, 5.74) is 2.54. The highest BCUT2D eigenvalue weighted by Crippen LogP contribution is 1.90. The first-order valence-corrected chi connectivity index (χ1v) is 3.73. The lowest BCUT2D eigenvalue weighted by Gasteiger charge is -2.06. The fourth-order valence-corrected chi connectivity index (χ4v) is 0.684. The zero-order chi connectivity index (χ0) is 8.69. The average molecular weight is 159 g/mol. The molecule has 3 N–H and O–H groups in total. The molecule has 0 aromatic heterocycles. The molecule has 0 aromatic carbocycles. The Morgan fingerprint density at radius 1 is 1.64 bits per heavy atom. The van der Waals surface area contributed by atoms with Crippen LogP contribution in [-0.2, 0) is 4.74 Å². The Bertz CT molecular complexity index is 123. The molecular weight excluding hydrogens is 142 g/mol. The Morgan fingerprint density at radius 3 is 2.64 bits per heavy atom. The molecule has 0 saturated carbocycles. The van der Waals surface area contributed by atoms with E-state index in [4.69, 9.17) is 10.6 Å². The van der Waals surface area contributed by atoms with Crippen LogP contribution in [0.5, 0.6) is 0 Å². The predicted octanol–water partition coefficient (Wildman–Crippen LogP) is 0.293. The second-order valence-corrected chi connectivity index (χ2v) is 2.56. The van der Waals surface area contributed by atoms with E-state index < -0.39 is 0 Å². The van der Waals surface area contributed by atoms with Crippen molar-refractivity contribution in [3.8, 4) is 0 Å². The van der Waals surface area contributed by atoms with Crippen molar-refractivity contribution in [2.24, 2.45) is 10.8 Å². The Morgan fingerprint density at radius 2 is 2.27 bits per heavy atom. The van der Waals surface area contributed by atoms with E-state index in [1.807, 2.05) is 13.8 Å². The third-order valence-electron chi connectivity index (χ3n) is 1.12. The van der Waals surface area contributed by atoms with Gasteiger partial charge in [-0.15, -0.1) is 0 Å². The summed E-state index contributed by atoms with van der Waals surface area (Å²) in [5.74, 6) is 6.02. The quantitative estimate of drug-likeness (QED) is 0.268. The largest absolute Gasteiger partial charge is 0.384 e. The molecule has 0 atom stereocenters. The van der Waals surface area contributed by atoms with E-state index >= 15 is 0 Å². The predicted molar refractivity (Wildman–Crippen MR) is 46.4 cm³/mol. The van der Waals surface area contributed by atoms with Gasteiger partial charge in [0.15, 0.2) is 0 Å². The minimum Gasteiger partial charge on any atom is -0.384 e. The molecule has 0 radical (unpaired) electrons. The van der Waals surface area contributed by atoms with Gasteiger partial charge in [0.05, 0.1) is 6.61 Å². The van der Waals surface area contributed by atoms with Gasteiger partial charge in [0.25, 0.3) is 0 Å². The van der Waals surface area contributed by atoms with Gasteiger partial charge in [-0.1, -0.05) is 0 Å². The van der Waals surface area contributed by atoms with Crippen molar-refractivity contribution in [2.45, 2.75) is 26.3 Å². The second-order valence-electron chi connectivity index (χ2n) is 2.56. The number of ether oxygens (including phenoxy) is 1. The van der Waals surface area contributed by atoms with E-state index in [0.717, 1.165) is 12.3 Å². The van der Waals surface area contributed by atoms with E-state index in [2.05, 4.69) is 10.4 Å². The Balaban J connectivity index is 3.74. The molecule has 66 valence electrons. The third kappa shape index (κ3) is 5.82. The maximum atomic E-state index is 5.23. The summed E-state index contributed by atoms with van der Waals surface area (Å²) in [6.45, 7) is 4.66. The first-order chi connectivity index (χ1) is 5.20. The molecule has 0 aliphatic carbocycles. The lowest BCUT2D eigenvalue weighted by Crippen LogP contribution is -2.32. The van der Waals surface area contributed by atoms with Crippen molar-refractivity contribution < 1.29 is 4.74 Å². The number of hydrazine groups is 1. The molecule has 0 rings (SSSR count). The van der Waals surface area contributed by atoms with Crippen molar-refractivity contribution in [1.29, 1.82) is 0 Å². The van der Waals surface area contributed by atoms with Gasteiger partial charge in [0, 0.05) is 19.6 Å². The van der Waals surface area contributed by atoms with E-state index in [1.54, 1.807) is 7.11 Å². The minimum atomic E-state index is 0.276. The molecule has 0 saturated heterocycles. The van der Waals surface area contributed by atoms with Crippen LogP contribution in [0.4, 0.5) is 0 Å². The Hall–Kier alpha value is -0.610. The number of nitrogens with two attached hydrogens (primary N) is 1. The number of aliphatic imine (C=N–C) groups is 1. The summed E-state index contributed by atoms with van der Waals surface area (Å²) in [6.07, 6.45) is 0.741. The van der Waals surface area contributed by atoms with Crippen LogP contribution in [0.15, 0.2) is 4.99 Å².